The molecule has 0 aliphatic carbocycles. The van der Waals surface area contributed by atoms with Crippen LogP contribution in [0.5, 0.6) is 0 Å². The highest BCUT2D eigenvalue weighted by atomic mass is 127. The second kappa shape index (κ2) is 6.54. The molecule has 0 saturated carbocycles. The summed E-state index contributed by atoms with van der Waals surface area (Å²) in [4.78, 5) is 4.59. The molecule has 0 aliphatic heterocycles. The van der Waals surface area contributed by atoms with E-state index in [4.69, 9.17) is 11.6 Å². The average Bonchev–Trinajstić information content (AvgIpc) is 2.73. The Morgan fingerprint density at radius 1 is 1.53 bits per heavy atom. The van der Waals surface area contributed by atoms with Crippen molar-refractivity contribution in [3.8, 4) is 0 Å². The Hall–Kier alpha value is -0.140. The van der Waals surface area contributed by atoms with Gasteiger partial charge in [0.15, 0.2) is 0 Å². The Bertz CT molecular complexity index is 614. The number of benzene rings is 1. The van der Waals surface area contributed by atoms with Crippen LogP contribution in [0.1, 0.15) is 25.2 Å². The molecule has 0 spiro atoms. The van der Waals surface area contributed by atoms with Gasteiger partial charge in [-0.3, -0.25) is 4.21 Å². The van der Waals surface area contributed by atoms with Crippen molar-refractivity contribution in [2.45, 2.75) is 25.3 Å². The summed E-state index contributed by atoms with van der Waals surface area (Å²) >= 11 is 8.29. The Labute approximate surface area is 134 Å². The largest absolute Gasteiger partial charge is 0.324 e. The molecular weight excluding hydrogens is 395 g/mol. The number of hydrogen-bond acceptors (Lipinski definition) is 2. The summed E-state index contributed by atoms with van der Waals surface area (Å²) in [6.45, 7) is 2.13. The first kappa shape index (κ1) is 15.3. The molecule has 0 saturated heterocycles. The zero-order chi connectivity index (χ0) is 14.0. The van der Waals surface area contributed by atoms with Gasteiger partial charge in [-0.2, -0.15) is 0 Å². The van der Waals surface area contributed by atoms with E-state index in [1.165, 1.54) is 0 Å². The first-order valence-corrected chi connectivity index (χ1v) is 9.39. The van der Waals surface area contributed by atoms with E-state index >= 15 is 0 Å². The zero-order valence-corrected chi connectivity index (χ0v) is 14.6. The number of nitrogens with zero attached hydrogens (tertiary/aromatic N) is 2. The van der Waals surface area contributed by atoms with E-state index in [1.807, 2.05) is 0 Å². The number of halogens is 2. The van der Waals surface area contributed by atoms with Gasteiger partial charge in [0.2, 0.25) is 0 Å². The third-order valence-corrected chi connectivity index (χ3v) is 4.83. The summed E-state index contributed by atoms with van der Waals surface area (Å²) in [5.41, 5.74) is 2.08. The minimum atomic E-state index is -0.762. The number of fused-ring (bicyclic) bond motifs is 1. The van der Waals surface area contributed by atoms with Crippen LogP contribution in [0.2, 0.25) is 0 Å². The van der Waals surface area contributed by atoms with E-state index in [1.54, 1.807) is 6.26 Å². The van der Waals surface area contributed by atoms with Crippen molar-refractivity contribution in [1.82, 2.24) is 9.55 Å². The lowest BCUT2D eigenvalue weighted by Gasteiger charge is -2.16. The summed E-state index contributed by atoms with van der Waals surface area (Å²) < 4.78 is 14.6. The maximum Gasteiger partial charge on any atom is 0.125 e. The number of hydrogen-bond donors (Lipinski definition) is 0. The highest BCUT2D eigenvalue weighted by Crippen LogP contribution is 2.25. The number of aromatic nitrogens is 2. The molecule has 0 radical (unpaired) electrons. The van der Waals surface area contributed by atoms with Crippen LogP contribution in [0.25, 0.3) is 11.0 Å². The van der Waals surface area contributed by atoms with E-state index in [2.05, 4.69) is 57.3 Å². The van der Waals surface area contributed by atoms with Crippen LogP contribution in [-0.2, 0) is 16.7 Å². The quantitative estimate of drug-likeness (QED) is 0.556. The molecule has 0 amide bonds. The molecule has 0 N–H and O–H groups in total. The summed E-state index contributed by atoms with van der Waals surface area (Å²) in [5.74, 6) is 1.98. The molecular formula is C13H16ClIN2OS. The van der Waals surface area contributed by atoms with Crippen LogP contribution < -0.4 is 0 Å². The Morgan fingerprint density at radius 3 is 2.89 bits per heavy atom. The second-order valence-corrected chi connectivity index (χ2v) is 7.65. The standard InChI is InChI=1S/C13H16ClIN2OS/c1-9(5-6-19(2)18)17-12-4-3-10(15)7-11(12)16-13(17)8-14/h3-4,7,9H,5-6,8H2,1-2H3. The molecule has 2 aromatic rings. The monoisotopic (exact) mass is 410 g/mol. The van der Waals surface area contributed by atoms with Gasteiger partial charge in [-0.25, -0.2) is 4.98 Å². The molecule has 104 valence electrons. The summed E-state index contributed by atoms with van der Waals surface area (Å²) in [5, 5.41) is 0. The number of imidazole rings is 1. The fourth-order valence-electron chi connectivity index (χ4n) is 2.17. The fraction of sp³-hybridized carbons (Fsp3) is 0.462. The zero-order valence-electron chi connectivity index (χ0n) is 10.9. The van der Waals surface area contributed by atoms with E-state index in [0.717, 1.165) is 26.8 Å². The number of rotatable bonds is 5. The lowest BCUT2D eigenvalue weighted by atomic mass is 10.2. The molecule has 0 aliphatic rings. The molecule has 1 aromatic carbocycles. The van der Waals surface area contributed by atoms with Crippen molar-refractivity contribution in [2.75, 3.05) is 12.0 Å². The third kappa shape index (κ3) is 3.49. The van der Waals surface area contributed by atoms with Crippen LogP contribution in [0.3, 0.4) is 0 Å². The Morgan fingerprint density at radius 2 is 2.26 bits per heavy atom. The van der Waals surface area contributed by atoms with Crippen LogP contribution >= 0.6 is 34.2 Å². The van der Waals surface area contributed by atoms with Gasteiger partial charge in [-0.15, -0.1) is 11.6 Å². The summed E-state index contributed by atoms with van der Waals surface area (Å²) in [6, 6.07) is 6.47. The lowest BCUT2D eigenvalue weighted by Crippen LogP contribution is -2.11. The van der Waals surface area contributed by atoms with Crippen LogP contribution in [0, 0.1) is 3.57 Å². The highest BCUT2D eigenvalue weighted by Gasteiger charge is 2.15. The Balaban J connectivity index is 2.42. The van der Waals surface area contributed by atoms with Crippen molar-refractivity contribution in [2.24, 2.45) is 0 Å². The van der Waals surface area contributed by atoms with Crippen molar-refractivity contribution < 1.29 is 4.21 Å². The first-order chi connectivity index (χ1) is 9.02. The molecule has 0 bridgehead atoms. The van der Waals surface area contributed by atoms with Crippen LogP contribution in [0.15, 0.2) is 18.2 Å². The molecule has 2 atom stereocenters. The molecule has 3 nitrogen and oxygen atoms in total. The van der Waals surface area contributed by atoms with Crippen molar-refractivity contribution in [3.05, 3.63) is 27.6 Å². The molecule has 2 unspecified atom stereocenters. The maximum absolute atomic E-state index is 11.2. The van der Waals surface area contributed by atoms with Crippen LogP contribution in [-0.4, -0.2) is 25.8 Å². The van der Waals surface area contributed by atoms with Crippen LogP contribution in [0.4, 0.5) is 0 Å². The van der Waals surface area contributed by atoms with E-state index in [0.29, 0.717) is 11.6 Å². The van der Waals surface area contributed by atoms with Gasteiger partial charge < -0.3 is 4.57 Å². The topological polar surface area (TPSA) is 34.9 Å². The van der Waals surface area contributed by atoms with Crippen molar-refractivity contribution in [1.29, 1.82) is 0 Å². The molecule has 0 fully saturated rings. The van der Waals surface area contributed by atoms with Crippen molar-refractivity contribution in [3.63, 3.8) is 0 Å². The third-order valence-electron chi connectivity index (χ3n) is 3.11. The summed E-state index contributed by atoms with van der Waals surface area (Å²) in [7, 11) is -0.762. The molecule has 1 heterocycles. The fourth-order valence-corrected chi connectivity index (χ4v) is 3.51. The van der Waals surface area contributed by atoms with Gasteiger partial charge in [-0.05, 0) is 54.1 Å². The van der Waals surface area contributed by atoms with Gasteiger partial charge in [0, 0.05) is 32.4 Å². The summed E-state index contributed by atoms with van der Waals surface area (Å²) in [6.07, 6.45) is 2.61. The lowest BCUT2D eigenvalue weighted by molar-refractivity contribution is 0.531. The Kier molecular flexibility index (Phi) is 5.25. The van der Waals surface area contributed by atoms with E-state index < -0.39 is 10.8 Å². The van der Waals surface area contributed by atoms with Gasteiger partial charge in [-0.1, -0.05) is 0 Å². The molecule has 6 heteroatoms. The predicted octanol–water partition coefficient (Wildman–Crippen LogP) is 3.71. The van der Waals surface area contributed by atoms with Crippen molar-refractivity contribution >= 4 is 56.0 Å². The van der Waals surface area contributed by atoms with E-state index in [-0.39, 0.29) is 6.04 Å². The smallest absolute Gasteiger partial charge is 0.125 e. The van der Waals surface area contributed by atoms with E-state index in [9.17, 15) is 4.21 Å². The van der Waals surface area contributed by atoms with Gasteiger partial charge in [0.1, 0.15) is 5.82 Å². The molecule has 1 aromatic heterocycles. The van der Waals surface area contributed by atoms with Gasteiger partial charge >= 0.3 is 0 Å². The minimum absolute atomic E-state index is 0.253. The highest BCUT2D eigenvalue weighted by molar-refractivity contribution is 14.1. The first-order valence-electron chi connectivity index (χ1n) is 6.05. The minimum Gasteiger partial charge on any atom is -0.324 e. The predicted molar refractivity (Wildman–Crippen MR) is 90.3 cm³/mol. The molecule has 19 heavy (non-hydrogen) atoms. The SMILES string of the molecule is CC(CCS(C)=O)n1c(CCl)nc2cc(I)ccc21. The number of alkyl halides is 1. The second-order valence-electron chi connectivity index (χ2n) is 4.58. The maximum atomic E-state index is 11.2. The van der Waals surface area contributed by atoms with Gasteiger partial charge in [0.05, 0.1) is 16.9 Å². The average molecular weight is 411 g/mol. The van der Waals surface area contributed by atoms with Gasteiger partial charge in [0.25, 0.3) is 0 Å². The normalized spacial score (nSPS) is 14.7. The molecule has 2 rings (SSSR count).